The zero-order valence-electron chi connectivity index (χ0n) is 8.64. The predicted molar refractivity (Wildman–Crippen MR) is 61.8 cm³/mol. The fraction of sp³-hybridized carbons (Fsp3) is 0.182. The van der Waals surface area contributed by atoms with E-state index in [9.17, 15) is 18.0 Å². The summed E-state index contributed by atoms with van der Waals surface area (Å²) in [5.41, 5.74) is -0.878. The number of nitrogens with one attached hydrogen (secondary N) is 1. The number of benzene rings is 1. The van der Waals surface area contributed by atoms with E-state index in [1.165, 1.54) is 12.1 Å². The summed E-state index contributed by atoms with van der Waals surface area (Å²) < 4.78 is 37.7. The van der Waals surface area contributed by atoms with Gasteiger partial charge in [0.05, 0.1) is 5.56 Å². The van der Waals surface area contributed by atoms with Gasteiger partial charge in [-0.3, -0.25) is 4.79 Å². The molecule has 1 aromatic rings. The summed E-state index contributed by atoms with van der Waals surface area (Å²) in [4.78, 5) is 11.5. The zero-order chi connectivity index (χ0) is 13.1. The fourth-order valence-electron chi connectivity index (χ4n) is 1.12. The number of hydrogen-bond acceptors (Lipinski definition) is 1. The minimum Gasteiger partial charge on any atom is -0.347 e. The Morgan fingerprint density at radius 1 is 1.41 bits per heavy atom. The van der Waals surface area contributed by atoms with E-state index < -0.39 is 17.6 Å². The number of halogens is 4. The normalized spacial score (nSPS) is 11.1. The molecule has 0 atom stereocenters. The first-order valence-corrected chi connectivity index (χ1v) is 5.39. The molecule has 0 aliphatic heterocycles. The highest BCUT2D eigenvalue weighted by atomic mass is 79.9. The fourth-order valence-corrected chi connectivity index (χ4v) is 1.26. The van der Waals surface area contributed by atoms with Gasteiger partial charge in [-0.1, -0.05) is 28.6 Å². The van der Waals surface area contributed by atoms with Crippen molar-refractivity contribution in [2.45, 2.75) is 6.18 Å². The average molecular weight is 308 g/mol. The zero-order valence-corrected chi connectivity index (χ0v) is 10.2. The predicted octanol–water partition coefficient (Wildman–Crippen LogP) is 3.34. The number of hydrogen-bond donors (Lipinski definition) is 1. The molecule has 1 N–H and O–H groups in total. The second-order valence-electron chi connectivity index (χ2n) is 3.28. The Morgan fingerprint density at radius 3 is 2.59 bits per heavy atom. The van der Waals surface area contributed by atoms with Gasteiger partial charge in [0, 0.05) is 16.6 Å². The van der Waals surface area contributed by atoms with Gasteiger partial charge < -0.3 is 5.32 Å². The van der Waals surface area contributed by atoms with E-state index in [1.807, 2.05) is 0 Å². The SMILES string of the molecule is C=C(Br)CNC(=O)c1cccc(C(F)(F)F)c1. The summed E-state index contributed by atoms with van der Waals surface area (Å²) in [6, 6.07) is 4.24. The molecule has 6 heteroatoms. The first-order valence-electron chi connectivity index (χ1n) is 4.59. The molecular weight excluding hydrogens is 299 g/mol. The molecule has 0 heterocycles. The van der Waals surface area contributed by atoms with Crippen molar-refractivity contribution in [1.82, 2.24) is 5.32 Å². The van der Waals surface area contributed by atoms with Gasteiger partial charge in [-0.2, -0.15) is 13.2 Å². The molecule has 92 valence electrons. The first-order chi connectivity index (χ1) is 7.80. The topological polar surface area (TPSA) is 29.1 Å². The van der Waals surface area contributed by atoms with Gasteiger partial charge in [-0.15, -0.1) is 0 Å². The van der Waals surface area contributed by atoms with Crippen LogP contribution in [-0.2, 0) is 6.18 Å². The second-order valence-corrected chi connectivity index (χ2v) is 4.40. The van der Waals surface area contributed by atoms with Crippen molar-refractivity contribution in [2.24, 2.45) is 0 Å². The molecule has 0 saturated carbocycles. The van der Waals surface area contributed by atoms with Crippen LogP contribution in [0.5, 0.6) is 0 Å². The molecule has 0 bridgehead atoms. The molecule has 1 amide bonds. The highest BCUT2D eigenvalue weighted by Crippen LogP contribution is 2.29. The Hall–Kier alpha value is -1.30. The largest absolute Gasteiger partial charge is 0.416 e. The van der Waals surface area contributed by atoms with E-state index in [4.69, 9.17) is 0 Å². The van der Waals surface area contributed by atoms with E-state index in [-0.39, 0.29) is 12.1 Å². The van der Waals surface area contributed by atoms with Gasteiger partial charge in [0.15, 0.2) is 0 Å². The van der Waals surface area contributed by atoms with Crippen molar-refractivity contribution in [1.29, 1.82) is 0 Å². The molecule has 0 aliphatic rings. The molecule has 17 heavy (non-hydrogen) atoms. The molecule has 0 fully saturated rings. The molecule has 0 aliphatic carbocycles. The van der Waals surface area contributed by atoms with Crippen LogP contribution in [0, 0.1) is 0 Å². The molecule has 1 aromatic carbocycles. The molecule has 1 rings (SSSR count). The lowest BCUT2D eigenvalue weighted by molar-refractivity contribution is -0.137. The maximum absolute atomic E-state index is 12.4. The van der Waals surface area contributed by atoms with Gasteiger partial charge in [0.25, 0.3) is 5.91 Å². The molecule has 2 nitrogen and oxygen atoms in total. The van der Waals surface area contributed by atoms with Gasteiger partial charge in [0.2, 0.25) is 0 Å². The summed E-state index contributed by atoms with van der Waals surface area (Å²) in [7, 11) is 0. The monoisotopic (exact) mass is 307 g/mol. The van der Waals surface area contributed by atoms with Crippen LogP contribution in [0.4, 0.5) is 13.2 Å². The van der Waals surface area contributed by atoms with Crippen molar-refractivity contribution < 1.29 is 18.0 Å². The standard InChI is InChI=1S/C11H9BrF3NO/c1-7(12)6-16-10(17)8-3-2-4-9(5-8)11(13,14)15/h2-5H,1,6H2,(H,16,17). The van der Waals surface area contributed by atoms with Crippen LogP contribution in [0.3, 0.4) is 0 Å². The number of carbonyl (C=O) groups excluding carboxylic acids is 1. The quantitative estimate of drug-likeness (QED) is 0.911. The Labute approximate surface area is 105 Å². The van der Waals surface area contributed by atoms with Crippen LogP contribution < -0.4 is 5.32 Å². The molecule has 0 radical (unpaired) electrons. The van der Waals surface area contributed by atoms with Gasteiger partial charge >= 0.3 is 6.18 Å². The number of carbonyl (C=O) groups is 1. The van der Waals surface area contributed by atoms with Crippen LogP contribution in [-0.4, -0.2) is 12.5 Å². The number of amides is 1. The lowest BCUT2D eigenvalue weighted by Gasteiger charge is -2.08. The lowest BCUT2D eigenvalue weighted by atomic mass is 10.1. The Balaban J connectivity index is 2.85. The molecule has 0 aromatic heterocycles. The first kappa shape index (κ1) is 13.8. The summed E-state index contributed by atoms with van der Waals surface area (Å²) in [6.07, 6.45) is -4.45. The van der Waals surface area contributed by atoms with E-state index in [2.05, 4.69) is 27.8 Å². The minimum atomic E-state index is -4.45. The Bertz CT molecular complexity index is 443. The molecule has 0 unspecified atom stereocenters. The summed E-state index contributed by atoms with van der Waals surface area (Å²) in [5, 5.41) is 2.42. The van der Waals surface area contributed by atoms with E-state index in [1.54, 1.807) is 0 Å². The van der Waals surface area contributed by atoms with Crippen LogP contribution >= 0.6 is 15.9 Å². The summed E-state index contributed by atoms with van der Waals surface area (Å²) in [6.45, 7) is 3.66. The Kier molecular flexibility index (Phi) is 4.34. The van der Waals surface area contributed by atoms with Crippen LogP contribution in [0.2, 0.25) is 0 Å². The molecule has 0 spiro atoms. The third-order valence-electron chi connectivity index (χ3n) is 1.89. The minimum absolute atomic E-state index is 0.0337. The molecule has 0 saturated heterocycles. The van der Waals surface area contributed by atoms with Gasteiger partial charge in [-0.25, -0.2) is 0 Å². The third kappa shape index (κ3) is 4.22. The maximum atomic E-state index is 12.4. The second kappa shape index (κ2) is 5.35. The van der Waals surface area contributed by atoms with Crippen LogP contribution in [0.15, 0.2) is 35.3 Å². The van der Waals surface area contributed by atoms with Gasteiger partial charge in [0.1, 0.15) is 0 Å². The summed E-state index contributed by atoms with van der Waals surface area (Å²) in [5.74, 6) is -0.572. The maximum Gasteiger partial charge on any atom is 0.416 e. The van der Waals surface area contributed by atoms with E-state index in [0.29, 0.717) is 4.48 Å². The van der Waals surface area contributed by atoms with E-state index in [0.717, 1.165) is 12.1 Å². The van der Waals surface area contributed by atoms with Crippen molar-refractivity contribution in [3.63, 3.8) is 0 Å². The lowest BCUT2D eigenvalue weighted by Crippen LogP contribution is -2.24. The highest BCUT2D eigenvalue weighted by molar-refractivity contribution is 9.11. The van der Waals surface area contributed by atoms with Crippen molar-refractivity contribution in [3.8, 4) is 0 Å². The highest BCUT2D eigenvalue weighted by Gasteiger charge is 2.30. The Morgan fingerprint density at radius 2 is 2.06 bits per heavy atom. The number of alkyl halides is 3. The van der Waals surface area contributed by atoms with Crippen molar-refractivity contribution in [3.05, 3.63) is 46.5 Å². The molecular formula is C11H9BrF3NO. The average Bonchev–Trinajstić information content (AvgIpc) is 2.25. The summed E-state index contributed by atoms with van der Waals surface area (Å²) >= 11 is 3.03. The number of rotatable bonds is 3. The van der Waals surface area contributed by atoms with Gasteiger partial charge in [-0.05, 0) is 18.2 Å². The smallest absolute Gasteiger partial charge is 0.347 e. The third-order valence-corrected chi connectivity index (χ3v) is 2.17. The van der Waals surface area contributed by atoms with Crippen LogP contribution in [0.25, 0.3) is 0 Å². The van der Waals surface area contributed by atoms with Crippen LogP contribution in [0.1, 0.15) is 15.9 Å². The van der Waals surface area contributed by atoms with E-state index >= 15 is 0 Å². The van der Waals surface area contributed by atoms with Crippen molar-refractivity contribution in [2.75, 3.05) is 6.54 Å². The van der Waals surface area contributed by atoms with Crippen molar-refractivity contribution >= 4 is 21.8 Å².